The second-order valence-corrected chi connectivity index (χ2v) is 15.8. The number of amides is 1. The third-order valence-electron chi connectivity index (χ3n) is 10.9. The quantitative estimate of drug-likeness (QED) is 0.170. The summed E-state index contributed by atoms with van der Waals surface area (Å²) in [7, 11) is 1.56. The number of piperazine rings is 1. The molecule has 4 atom stereocenters. The Balaban J connectivity index is 1.29. The molecule has 7 rings (SSSR count). The van der Waals surface area contributed by atoms with Gasteiger partial charge in [-0.2, -0.15) is 9.97 Å². The van der Waals surface area contributed by atoms with Crippen LogP contribution in [-0.2, 0) is 15.9 Å². The van der Waals surface area contributed by atoms with E-state index in [-0.39, 0.29) is 60.8 Å². The Morgan fingerprint density at radius 3 is 2.57 bits per heavy atom. The van der Waals surface area contributed by atoms with Crippen LogP contribution in [0, 0.1) is 11.7 Å². The van der Waals surface area contributed by atoms with Gasteiger partial charge in [-0.05, 0) is 107 Å². The molecule has 2 unspecified atom stereocenters. The van der Waals surface area contributed by atoms with Crippen molar-refractivity contribution >= 4 is 33.6 Å². The largest absolute Gasteiger partial charge is 0.468 e. The number of benzene rings is 2. The number of fused-ring (bicyclic) bond motifs is 4. The lowest BCUT2D eigenvalue weighted by atomic mass is 9.94. The zero-order valence-electron chi connectivity index (χ0n) is 32.1. The number of ether oxygens (including phenoxy) is 4. The molecule has 54 heavy (non-hydrogen) atoms. The average molecular weight is 745 g/mol. The third kappa shape index (κ3) is 8.04. The molecule has 13 heteroatoms. The Bertz CT molecular complexity index is 1960. The zero-order chi connectivity index (χ0) is 38.0. The number of carbonyl (C=O) groups is 1. The van der Waals surface area contributed by atoms with E-state index in [1.807, 2.05) is 56.0 Å². The number of rotatable bonds is 10. The molecule has 0 aliphatic carbocycles. The van der Waals surface area contributed by atoms with E-state index in [4.69, 9.17) is 33.9 Å². The van der Waals surface area contributed by atoms with Crippen molar-refractivity contribution in [3.8, 4) is 23.0 Å². The van der Waals surface area contributed by atoms with Crippen LogP contribution in [0.5, 0.6) is 11.8 Å². The van der Waals surface area contributed by atoms with Crippen molar-refractivity contribution in [2.45, 2.75) is 96.4 Å². The molecule has 2 aromatic heterocycles. The number of hydrogen-bond donors (Lipinski definition) is 2. The summed E-state index contributed by atoms with van der Waals surface area (Å²) in [5.74, 6) is 0.753. The lowest BCUT2D eigenvalue weighted by molar-refractivity contribution is 0.0122. The fourth-order valence-corrected chi connectivity index (χ4v) is 8.25. The Hall–Kier alpha value is -4.33. The van der Waals surface area contributed by atoms with Gasteiger partial charge < -0.3 is 34.3 Å². The second kappa shape index (κ2) is 16.2. The first-order chi connectivity index (χ1) is 26.1. The molecule has 3 fully saturated rings. The van der Waals surface area contributed by atoms with Crippen LogP contribution < -0.4 is 19.7 Å². The van der Waals surface area contributed by atoms with Gasteiger partial charge in [0, 0.05) is 44.6 Å². The average Bonchev–Trinajstić information content (AvgIpc) is 3.41. The molecule has 2 aromatic carbocycles. The van der Waals surface area contributed by atoms with Crippen molar-refractivity contribution in [3.05, 3.63) is 47.9 Å². The van der Waals surface area contributed by atoms with Gasteiger partial charge in [-0.15, -0.1) is 0 Å². The highest BCUT2D eigenvalue weighted by Crippen LogP contribution is 2.40. The number of nitrogens with one attached hydrogen (secondary N) is 1. The molecular formula is C41H53FN6O6. The third-order valence-corrected chi connectivity index (χ3v) is 10.9. The van der Waals surface area contributed by atoms with E-state index in [0.717, 1.165) is 67.8 Å². The highest BCUT2D eigenvalue weighted by molar-refractivity contribution is 6.01. The van der Waals surface area contributed by atoms with Crippen LogP contribution in [-0.4, -0.2) is 102 Å². The summed E-state index contributed by atoms with van der Waals surface area (Å²) in [6.07, 6.45) is 7.44. The zero-order valence-corrected chi connectivity index (χ0v) is 32.1. The topological polar surface area (TPSA) is 131 Å². The minimum atomic E-state index is -0.605. The summed E-state index contributed by atoms with van der Waals surface area (Å²) in [6, 6.07) is 9.70. The molecule has 0 saturated carbocycles. The van der Waals surface area contributed by atoms with Crippen LogP contribution in [0.1, 0.15) is 71.8 Å². The van der Waals surface area contributed by atoms with Crippen molar-refractivity contribution in [2.75, 3.05) is 51.7 Å². The maximum absolute atomic E-state index is 17.3. The first-order valence-electron chi connectivity index (χ1n) is 19.3. The number of aliphatic hydroxyl groups excluding tert-OH is 1. The smallest absolute Gasteiger partial charge is 0.410 e. The highest BCUT2D eigenvalue weighted by Gasteiger charge is 2.45. The molecule has 3 aliphatic heterocycles. The van der Waals surface area contributed by atoms with E-state index in [1.165, 1.54) is 0 Å². The van der Waals surface area contributed by atoms with Gasteiger partial charge in [0.25, 0.3) is 0 Å². The molecule has 12 nitrogen and oxygen atoms in total. The molecule has 4 aromatic rings. The van der Waals surface area contributed by atoms with Gasteiger partial charge in [0.05, 0.1) is 17.5 Å². The summed E-state index contributed by atoms with van der Waals surface area (Å²) in [5, 5.41) is 15.6. The first kappa shape index (κ1) is 38.0. The Labute approximate surface area is 316 Å². The van der Waals surface area contributed by atoms with Gasteiger partial charge in [-0.1, -0.05) is 25.1 Å². The predicted molar refractivity (Wildman–Crippen MR) is 206 cm³/mol. The van der Waals surface area contributed by atoms with Crippen molar-refractivity contribution in [2.24, 2.45) is 5.92 Å². The maximum atomic E-state index is 17.3. The molecule has 3 saturated heterocycles. The van der Waals surface area contributed by atoms with Gasteiger partial charge in [0.2, 0.25) is 0 Å². The number of carbonyl (C=O) groups excluding carboxylic acids is 1. The lowest BCUT2D eigenvalue weighted by Gasteiger charge is -2.42. The summed E-state index contributed by atoms with van der Waals surface area (Å²) < 4.78 is 40.4. The first-order valence-corrected chi connectivity index (χ1v) is 19.3. The fraction of sp³-hybridized carbons (Fsp3) is 0.561. The SMILES string of the molecule is CCc1cccc2cc(OCOC)cc(-c3ncc4c(N5CC6CCC(C5)N6C(=O)OC(C)(C)C)nc(OC[C@@H]5CC[C@H](CO)CCCN5)nc4c3F)c12. The number of pyridine rings is 1. The van der Waals surface area contributed by atoms with Crippen LogP contribution in [0.25, 0.3) is 32.9 Å². The van der Waals surface area contributed by atoms with Crippen molar-refractivity contribution < 1.29 is 33.2 Å². The predicted octanol–water partition coefficient (Wildman–Crippen LogP) is 6.64. The summed E-state index contributed by atoms with van der Waals surface area (Å²) in [4.78, 5) is 31.7. The van der Waals surface area contributed by atoms with E-state index in [1.54, 1.807) is 13.3 Å². The lowest BCUT2D eigenvalue weighted by Crippen LogP contribution is -2.57. The number of aryl methyl sites for hydroxylation is 1. The molecule has 2 bridgehead atoms. The summed E-state index contributed by atoms with van der Waals surface area (Å²) in [6.45, 7) is 10.0. The van der Waals surface area contributed by atoms with Gasteiger partial charge >= 0.3 is 12.1 Å². The molecule has 1 amide bonds. The van der Waals surface area contributed by atoms with Gasteiger partial charge in [0.15, 0.2) is 12.6 Å². The number of aromatic nitrogens is 3. The molecule has 290 valence electrons. The molecule has 2 N–H and O–H groups in total. The number of anilines is 1. The highest BCUT2D eigenvalue weighted by atomic mass is 19.1. The minimum Gasteiger partial charge on any atom is -0.468 e. The Morgan fingerprint density at radius 2 is 1.85 bits per heavy atom. The number of halogens is 1. The molecule has 0 spiro atoms. The van der Waals surface area contributed by atoms with E-state index in [2.05, 4.69) is 17.1 Å². The van der Waals surface area contributed by atoms with Crippen LogP contribution in [0.15, 0.2) is 36.5 Å². The number of hydrogen-bond acceptors (Lipinski definition) is 11. The number of nitrogens with zero attached hydrogens (tertiary/aromatic N) is 5. The van der Waals surface area contributed by atoms with E-state index in [9.17, 15) is 9.90 Å². The number of aliphatic hydroxyl groups is 1. The van der Waals surface area contributed by atoms with Crippen LogP contribution in [0.3, 0.4) is 0 Å². The standard InChI is InChI=1S/C41H53FN6O6/c1-6-26-10-7-11-27-17-31(53-24-51-5)18-32(34(26)27)36-35(42)37-33(19-44-36)38(46-39(45-37)52-23-28-13-12-25(22-49)9-8-16-43-28)47-20-29-14-15-30(21-47)48(29)40(50)54-41(2,3)4/h7,10-11,17-19,25,28-30,43,49H,6,8-9,12-16,20-24H2,1-5H3/t25-,28+,29?,30?/m1/s1. The van der Waals surface area contributed by atoms with Crippen LogP contribution in [0.4, 0.5) is 15.0 Å². The fourth-order valence-electron chi connectivity index (χ4n) is 8.25. The molecular weight excluding hydrogens is 691 g/mol. The van der Waals surface area contributed by atoms with Crippen molar-refractivity contribution in [3.63, 3.8) is 0 Å². The van der Waals surface area contributed by atoms with E-state index >= 15 is 4.39 Å². The number of methoxy groups -OCH3 is 1. The van der Waals surface area contributed by atoms with E-state index < -0.39 is 11.4 Å². The van der Waals surface area contributed by atoms with Gasteiger partial charge in [-0.3, -0.25) is 9.88 Å². The van der Waals surface area contributed by atoms with Crippen molar-refractivity contribution in [1.82, 2.24) is 25.2 Å². The Kier molecular flexibility index (Phi) is 11.4. The molecule has 3 aliphatic rings. The summed E-state index contributed by atoms with van der Waals surface area (Å²) >= 11 is 0. The maximum Gasteiger partial charge on any atom is 0.410 e. The van der Waals surface area contributed by atoms with Crippen LogP contribution >= 0.6 is 0 Å². The van der Waals surface area contributed by atoms with Crippen LogP contribution in [0.2, 0.25) is 0 Å². The van der Waals surface area contributed by atoms with Crippen molar-refractivity contribution in [1.29, 1.82) is 0 Å². The summed E-state index contributed by atoms with van der Waals surface area (Å²) in [5.41, 5.74) is 1.31. The molecule has 0 radical (unpaired) electrons. The molecule has 5 heterocycles. The Morgan fingerprint density at radius 1 is 1.06 bits per heavy atom. The normalized spacial score (nSPS) is 22.0. The second-order valence-electron chi connectivity index (χ2n) is 15.8. The van der Waals surface area contributed by atoms with Gasteiger partial charge in [0.1, 0.15) is 35.0 Å². The minimum absolute atomic E-state index is 0.0295. The monoisotopic (exact) mass is 744 g/mol. The van der Waals surface area contributed by atoms with E-state index in [0.29, 0.717) is 42.2 Å². The van der Waals surface area contributed by atoms with Gasteiger partial charge in [-0.25, -0.2) is 9.18 Å².